The Morgan fingerprint density at radius 2 is 1.94 bits per heavy atom. The van der Waals surface area contributed by atoms with E-state index in [1.807, 2.05) is 0 Å². The van der Waals surface area contributed by atoms with Gasteiger partial charge in [-0.1, -0.05) is 24.8 Å². The maximum Gasteiger partial charge on any atom is 0.258 e. The van der Waals surface area contributed by atoms with Crippen LogP contribution in [0.1, 0.15) is 5.56 Å². The van der Waals surface area contributed by atoms with E-state index in [0.29, 0.717) is 23.5 Å². The Kier molecular flexibility index (Phi) is 3.05. The number of nitrogens with one attached hydrogen (secondary N) is 1. The molecule has 0 spiro atoms. The smallest absolute Gasteiger partial charge is 0.258 e. The molecule has 0 atom stereocenters. The predicted octanol–water partition coefficient (Wildman–Crippen LogP) is 1.29. The van der Waals surface area contributed by atoms with Crippen LogP contribution < -0.4 is 10.1 Å². The Morgan fingerprint density at radius 3 is 2.47 bits per heavy atom. The molecule has 0 aromatic heterocycles. The number of amides is 2. The van der Waals surface area contributed by atoms with Crippen molar-refractivity contribution in [3.05, 3.63) is 48.6 Å². The topological polar surface area (TPSA) is 55.4 Å². The summed E-state index contributed by atoms with van der Waals surface area (Å²) in [5.41, 5.74) is 1.07. The first-order valence-corrected chi connectivity index (χ1v) is 5.12. The van der Waals surface area contributed by atoms with Crippen molar-refractivity contribution in [2.45, 2.75) is 0 Å². The fourth-order valence-electron chi connectivity index (χ4n) is 1.51. The summed E-state index contributed by atoms with van der Waals surface area (Å²) >= 11 is 0. The van der Waals surface area contributed by atoms with Gasteiger partial charge in [-0.3, -0.25) is 14.9 Å². The minimum absolute atomic E-state index is 0.366. The van der Waals surface area contributed by atoms with Crippen LogP contribution in [0.15, 0.2) is 43.0 Å². The minimum Gasteiger partial charge on any atom is -0.490 e. The van der Waals surface area contributed by atoms with Crippen LogP contribution in [-0.4, -0.2) is 18.4 Å². The van der Waals surface area contributed by atoms with Crippen LogP contribution in [0.2, 0.25) is 0 Å². The summed E-state index contributed by atoms with van der Waals surface area (Å²) in [4.78, 5) is 22.4. The molecule has 0 saturated heterocycles. The van der Waals surface area contributed by atoms with Gasteiger partial charge < -0.3 is 4.74 Å². The lowest BCUT2D eigenvalue weighted by Gasteiger charge is -2.04. The summed E-state index contributed by atoms with van der Waals surface area (Å²) in [5.74, 6) is -0.0503. The van der Waals surface area contributed by atoms with E-state index in [1.54, 1.807) is 30.3 Å². The number of benzene rings is 1. The monoisotopic (exact) mass is 229 g/mol. The zero-order valence-corrected chi connectivity index (χ0v) is 9.10. The van der Waals surface area contributed by atoms with E-state index in [0.717, 1.165) is 0 Å². The molecule has 4 heteroatoms. The van der Waals surface area contributed by atoms with Crippen LogP contribution in [0.25, 0.3) is 5.57 Å². The van der Waals surface area contributed by atoms with E-state index < -0.39 is 0 Å². The highest BCUT2D eigenvalue weighted by atomic mass is 16.5. The third-order valence-electron chi connectivity index (χ3n) is 2.29. The lowest BCUT2D eigenvalue weighted by Crippen LogP contribution is -2.21. The first-order valence-electron chi connectivity index (χ1n) is 5.12. The van der Waals surface area contributed by atoms with Gasteiger partial charge in [-0.25, -0.2) is 0 Å². The van der Waals surface area contributed by atoms with Crippen molar-refractivity contribution in [1.82, 2.24) is 5.32 Å². The second kappa shape index (κ2) is 4.65. The third kappa shape index (κ3) is 2.42. The van der Waals surface area contributed by atoms with Crippen molar-refractivity contribution in [1.29, 1.82) is 0 Å². The highest BCUT2D eigenvalue weighted by Crippen LogP contribution is 2.21. The van der Waals surface area contributed by atoms with Gasteiger partial charge >= 0.3 is 0 Å². The first kappa shape index (κ1) is 11.1. The maximum atomic E-state index is 11.4. The van der Waals surface area contributed by atoms with Crippen LogP contribution in [-0.2, 0) is 9.59 Å². The molecule has 1 heterocycles. The molecule has 4 nitrogen and oxygen atoms in total. The molecule has 17 heavy (non-hydrogen) atoms. The van der Waals surface area contributed by atoms with Gasteiger partial charge in [0, 0.05) is 6.08 Å². The third-order valence-corrected chi connectivity index (χ3v) is 2.29. The Morgan fingerprint density at radius 1 is 1.24 bits per heavy atom. The predicted molar refractivity (Wildman–Crippen MR) is 63.3 cm³/mol. The highest BCUT2D eigenvalue weighted by molar-refractivity contribution is 6.33. The Balaban J connectivity index is 2.18. The van der Waals surface area contributed by atoms with Crippen molar-refractivity contribution in [2.24, 2.45) is 0 Å². The lowest BCUT2D eigenvalue weighted by molar-refractivity contribution is -0.123. The van der Waals surface area contributed by atoms with Gasteiger partial charge in [-0.05, 0) is 17.7 Å². The SMILES string of the molecule is C=CCOc1ccc(C2=CC(=O)NC2=O)cc1. The molecule has 0 fully saturated rings. The van der Waals surface area contributed by atoms with Crippen LogP contribution in [0.3, 0.4) is 0 Å². The molecule has 1 aliphatic rings. The first-order chi connectivity index (χ1) is 8.20. The molecule has 86 valence electrons. The van der Waals surface area contributed by atoms with E-state index in [-0.39, 0.29) is 11.8 Å². The van der Waals surface area contributed by atoms with E-state index >= 15 is 0 Å². The lowest BCUT2D eigenvalue weighted by atomic mass is 10.1. The highest BCUT2D eigenvalue weighted by Gasteiger charge is 2.21. The molecular weight excluding hydrogens is 218 g/mol. The summed E-state index contributed by atoms with van der Waals surface area (Å²) in [7, 11) is 0. The van der Waals surface area contributed by atoms with Gasteiger partial charge in [0.05, 0.1) is 5.57 Å². The van der Waals surface area contributed by atoms with E-state index in [9.17, 15) is 9.59 Å². The van der Waals surface area contributed by atoms with Gasteiger partial charge in [0.25, 0.3) is 11.8 Å². The molecular formula is C13H11NO3. The van der Waals surface area contributed by atoms with E-state index in [2.05, 4.69) is 11.9 Å². The fraction of sp³-hybridized carbons (Fsp3) is 0.0769. The van der Waals surface area contributed by atoms with Gasteiger partial charge in [-0.2, -0.15) is 0 Å². The van der Waals surface area contributed by atoms with Crippen molar-refractivity contribution < 1.29 is 14.3 Å². The van der Waals surface area contributed by atoms with Crippen molar-refractivity contribution >= 4 is 17.4 Å². The average molecular weight is 229 g/mol. The van der Waals surface area contributed by atoms with E-state index in [4.69, 9.17) is 4.74 Å². The Bertz CT molecular complexity index is 500. The molecule has 2 amide bonds. The summed E-state index contributed by atoms with van der Waals surface area (Å²) in [6, 6.07) is 6.97. The number of rotatable bonds is 4. The normalized spacial score (nSPS) is 14.2. The zero-order valence-electron chi connectivity index (χ0n) is 9.10. The molecule has 2 rings (SSSR count). The largest absolute Gasteiger partial charge is 0.490 e. The summed E-state index contributed by atoms with van der Waals surface area (Å²) in [6.45, 7) is 3.98. The second-order valence-corrected chi connectivity index (χ2v) is 3.50. The van der Waals surface area contributed by atoms with Gasteiger partial charge in [0.1, 0.15) is 12.4 Å². The quantitative estimate of drug-likeness (QED) is 0.625. The van der Waals surface area contributed by atoms with Gasteiger partial charge in [0.15, 0.2) is 0 Å². The number of carbonyl (C=O) groups excluding carboxylic acids is 2. The Hall–Kier alpha value is -2.36. The fourth-order valence-corrected chi connectivity index (χ4v) is 1.51. The molecule has 1 N–H and O–H groups in total. The number of hydrogen-bond acceptors (Lipinski definition) is 3. The number of imide groups is 1. The van der Waals surface area contributed by atoms with Crippen LogP contribution in [0.5, 0.6) is 5.75 Å². The number of carbonyl (C=O) groups is 2. The van der Waals surface area contributed by atoms with Gasteiger partial charge in [-0.15, -0.1) is 0 Å². The molecule has 0 bridgehead atoms. The van der Waals surface area contributed by atoms with Crippen LogP contribution in [0.4, 0.5) is 0 Å². The minimum atomic E-state index is -0.378. The summed E-state index contributed by atoms with van der Waals surface area (Å²) in [5, 5.41) is 2.20. The van der Waals surface area contributed by atoms with Crippen molar-refractivity contribution in [3.8, 4) is 5.75 Å². The maximum absolute atomic E-state index is 11.4. The van der Waals surface area contributed by atoms with Crippen molar-refractivity contribution in [3.63, 3.8) is 0 Å². The number of ether oxygens (including phenoxy) is 1. The molecule has 1 aromatic carbocycles. The number of hydrogen-bond donors (Lipinski definition) is 1. The summed E-state index contributed by atoms with van der Waals surface area (Å²) < 4.78 is 5.32. The molecule has 0 radical (unpaired) electrons. The zero-order chi connectivity index (χ0) is 12.3. The summed E-state index contributed by atoms with van der Waals surface area (Å²) in [6.07, 6.45) is 2.95. The van der Waals surface area contributed by atoms with Gasteiger partial charge in [0.2, 0.25) is 0 Å². The molecule has 0 saturated carbocycles. The Labute approximate surface area is 98.6 Å². The van der Waals surface area contributed by atoms with Crippen LogP contribution >= 0.6 is 0 Å². The second-order valence-electron chi connectivity index (χ2n) is 3.50. The molecule has 1 aromatic rings. The molecule has 0 aliphatic carbocycles. The molecule has 1 aliphatic heterocycles. The molecule has 0 unspecified atom stereocenters. The van der Waals surface area contributed by atoms with E-state index in [1.165, 1.54) is 6.08 Å². The average Bonchev–Trinajstić information content (AvgIpc) is 2.66. The standard InChI is InChI=1S/C13H11NO3/c1-2-7-17-10-5-3-9(4-6-10)11-8-12(15)14-13(11)16/h2-6,8H,1,7H2,(H,14,15,16). The van der Waals surface area contributed by atoms with Crippen molar-refractivity contribution in [2.75, 3.05) is 6.61 Å². The van der Waals surface area contributed by atoms with Crippen LogP contribution in [0, 0.1) is 0 Å².